The van der Waals surface area contributed by atoms with Crippen LogP contribution in [0.25, 0.3) is 0 Å². The summed E-state index contributed by atoms with van der Waals surface area (Å²) in [5, 5.41) is 6.23. The number of benzene rings is 1. The number of amides is 1. The van der Waals surface area contributed by atoms with E-state index in [-0.39, 0.29) is 11.5 Å². The van der Waals surface area contributed by atoms with Gasteiger partial charge in [-0.3, -0.25) is 14.4 Å². The van der Waals surface area contributed by atoms with Crippen molar-refractivity contribution in [3.8, 4) is 0 Å². The Balaban J connectivity index is 1.39. The topological polar surface area (TPSA) is 53.4 Å². The van der Waals surface area contributed by atoms with Crippen LogP contribution in [0.4, 0.5) is 23.2 Å². The van der Waals surface area contributed by atoms with Crippen molar-refractivity contribution in [2.75, 3.05) is 44.2 Å². The van der Waals surface area contributed by atoms with Crippen molar-refractivity contribution < 1.29 is 22.4 Å². The van der Waals surface area contributed by atoms with Gasteiger partial charge in [-0.2, -0.15) is 18.3 Å². The number of anilines is 1. The van der Waals surface area contributed by atoms with Crippen molar-refractivity contribution in [2.24, 2.45) is 7.05 Å². The van der Waals surface area contributed by atoms with Crippen molar-refractivity contribution >= 4 is 11.6 Å². The monoisotopic (exact) mass is 413 g/mol. The molecule has 1 fully saturated rings. The number of nitrogens with one attached hydrogen (secondary N) is 1. The van der Waals surface area contributed by atoms with Crippen LogP contribution < -0.4 is 10.2 Å². The maximum atomic E-state index is 13.9. The van der Waals surface area contributed by atoms with Gasteiger partial charge in [-0.15, -0.1) is 0 Å². The van der Waals surface area contributed by atoms with Gasteiger partial charge in [0.1, 0.15) is 11.5 Å². The lowest BCUT2D eigenvalue weighted by Crippen LogP contribution is -2.47. The van der Waals surface area contributed by atoms with E-state index in [1.165, 1.54) is 6.07 Å². The Bertz CT molecular complexity index is 843. The van der Waals surface area contributed by atoms with Gasteiger partial charge in [0.05, 0.1) is 5.69 Å². The van der Waals surface area contributed by atoms with E-state index in [0.717, 1.165) is 32.7 Å². The second kappa shape index (κ2) is 8.81. The van der Waals surface area contributed by atoms with Crippen molar-refractivity contribution in [3.05, 3.63) is 47.5 Å². The molecule has 0 aliphatic carbocycles. The fourth-order valence-electron chi connectivity index (χ4n) is 3.36. The first-order chi connectivity index (χ1) is 13.8. The number of alkyl halides is 3. The van der Waals surface area contributed by atoms with E-state index in [2.05, 4.69) is 15.3 Å². The first kappa shape index (κ1) is 21.1. The molecule has 1 aromatic heterocycles. The van der Waals surface area contributed by atoms with E-state index < -0.39 is 17.8 Å². The second-order valence-corrected chi connectivity index (χ2v) is 6.93. The highest BCUT2D eigenvalue weighted by molar-refractivity contribution is 5.92. The number of aryl methyl sites for hydroxylation is 1. The third-order valence-corrected chi connectivity index (χ3v) is 4.90. The summed E-state index contributed by atoms with van der Waals surface area (Å²) in [5.74, 6) is -0.854. The summed E-state index contributed by atoms with van der Waals surface area (Å²) in [4.78, 5) is 16.2. The lowest BCUT2D eigenvalue weighted by molar-refractivity contribution is -0.143. The van der Waals surface area contributed by atoms with E-state index in [1.54, 1.807) is 12.1 Å². The van der Waals surface area contributed by atoms with Gasteiger partial charge in [0, 0.05) is 45.8 Å². The number of para-hydroxylation sites is 1. The molecule has 2 heterocycles. The Labute approximate surface area is 166 Å². The lowest BCUT2D eigenvalue weighted by atomic mass is 10.2. The Kier molecular flexibility index (Phi) is 6.41. The number of hydrogen-bond acceptors (Lipinski definition) is 4. The normalized spacial score (nSPS) is 15.6. The van der Waals surface area contributed by atoms with Gasteiger partial charge in [0.25, 0.3) is 5.91 Å². The fraction of sp³-hybridized carbons (Fsp3) is 0.474. The van der Waals surface area contributed by atoms with Crippen molar-refractivity contribution in [3.63, 3.8) is 0 Å². The van der Waals surface area contributed by atoms with Gasteiger partial charge in [0.15, 0.2) is 5.69 Å². The molecule has 1 N–H and O–H groups in total. The summed E-state index contributed by atoms with van der Waals surface area (Å²) >= 11 is 0. The average Bonchev–Trinajstić information content (AvgIpc) is 3.08. The van der Waals surface area contributed by atoms with Gasteiger partial charge in [-0.05, 0) is 25.1 Å². The van der Waals surface area contributed by atoms with Gasteiger partial charge >= 0.3 is 6.18 Å². The number of aromatic nitrogens is 2. The molecule has 2 aromatic rings. The molecule has 1 amide bonds. The van der Waals surface area contributed by atoms with Crippen LogP contribution in [0.5, 0.6) is 0 Å². The summed E-state index contributed by atoms with van der Waals surface area (Å²) in [6.07, 6.45) is -3.89. The molecular weight excluding hydrogens is 390 g/mol. The Morgan fingerprint density at radius 3 is 2.48 bits per heavy atom. The smallest absolute Gasteiger partial charge is 0.367 e. The van der Waals surface area contributed by atoms with E-state index >= 15 is 0 Å². The summed E-state index contributed by atoms with van der Waals surface area (Å²) in [7, 11) is 1.15. The van der Waals surface area contributed by atoms with Crippen LogP contribution in [-0.4, -0.2) is 59.9 Å². The molecular formula is C19H23F4N5O. The summed E-state index contributed by atoms with van der Waals surface area (Å²) < 4.78 is 52.8. The molecule has 29 heavy (non-hydrogen) atoms. The van der Waals surface area contributed by atoms with Gasteiger partial charge in [-0.1, -0.05) is 12.1 Å². The second-order valence-electron chi connectivity index (χ2n) is 6.93. The highest BCUT2D eigenvalue weighted by Gasteiger charge is 2.35. The Morgan fingerprint density at radius 1 is 1.17 bits per heavy atom. The molecule has 158 valence electrons. The number of halogens is 4. The van der Waals surface area contributed by atoms with Crippen LogP contribution in [0.1, 0.15) is 22.6 Å². The number of hydrogen-bond donors (Lipinski definition) is 1. The Morgan fingerprint density at radius 2 is 1.86 bits per heavy atom. The lowest BCUT2D eigenvalue weighted by Gasteiger charge is -2.36. The largest absolute Gasteiger partial charge is 0.433 e. The number of nitrogens with zero attached hydrogens (tertiary/aromatic N) is 4. The minimum absolute atomic E-state index is 0.230. The molecule has 0 saturated carbocycles. The van der Waals surface area contributed by atoms with E-state index in [9.17, 15) is 22.4 Å². The quantitative estimate of drug-likeness (QED) is 0.584. The summed E-state index contributed by atoms with van der Waals surface area (Å²) in [6, 6.07) is 7.44. The van der Waals surface area contributed by atoms with E-state index in [4.69, 9.17) is 0 Å². The van der Waals surface area contributed by atoms with E-state index in [1.807, 2.05) is 11.0 Å². The Hall–Kier alpha value is -2.62. The van der Waals surface area contributed by atoms with E-state index in [0.29, 0.717) is 36.4 Å². The zero-order valence-electron chi connectivity index (χ0n) is 16.0. The zero-order chi connectivity index (χ0) is 21.0. The summed E-state index contributed by atoms with van der Waals surface area (Å²) in [6.45, 7) is 4.05. The fourth-order valence-corrected chi connectivity index (χ4v) is 3.36. The highest BCUT2D eigenvalue weighted by atomic mass is 19.4. The van der Waals surface area contributed by atoms with Gasteiger partial charge in [0.2, 0.25) is 0 Å². The highest BCUT2D eigenvalue weighted by Crippen LogP contribution is 2.29. The average molecular weight is 413 g/mol. The van der Waals surface area contributed by atoms with Crippen LogP contribution in [-0.2, 0) is 13.2 Å². The standard InChI is InChI=1S/C19H23F4N5O/c1-26-17(19(21,22)23)13-15(25-26)18(29)24-7-4-8-27-9-11-28(12-10-27)16-6-3-2-5-14(16)20/h2-3,5-6,13H,4,7-12H2,1H3,(H,24,29). The third-order valence-electron chi connectivity index (χ3n) is 4.90. The molecule has 0 bridgehead atoms. The molecule has 0 radical (unpaired) electrons. The molecule has 10 heteroatoms. The zero-order valence-corrected chi connectivity index (χ0v) is 16.0. The minimum atomic E-state index is -4.55. The number of rotatable bonds is 6. The van der Waals surface area contributed by atoms with Crippen molar-refractivity contribution in [1.29, 1.82) is 0 Å². The number of carbonyl (C=O) groups is 1. The molecule has 1 aliphatic heterocycles. The van der Waals surface area contributed by atoms with Crippen LogP contribution in [0.2, 0.25) is 0 Å². The van der Waals surface area contributed by atoms with Gasteiger partial charge < -0.3 is 10.2 Å². The molecule has 0 unspecified atom stereocenters. The van der Waals surface area contributed by atoms with Crippen molar-refractivity contribution in [1.82, 2.24) is 20.0 Å². The number of carbonyl (C=O) groups excluding carboxylic acids is 1. The summed E-state index contributed by atoms with van der Waals surface area (Å²) in [5.41, 5.74) is -0.610. The first-order valence-corrected chi connectivity index (χ1v) is 9.37. The van der Waals surface area contributed by atoms with Crippen LogP contribution >= 0.6 is 0 Å². The predicted molar refractivity (Wildman–Crippen MR) is 100 cm³/mol. The number of piperazine rings is 1. The SMILES string of the molecule is Cn1nc(C(=O)NCCCN2CCN(c3ccccc3F)CC2)cc1C(F)(F)F. The molecule has 3 rings (SSSR count). The molecule has 1 aromatic carbocycles. The molecule has 0 atom stereocenters. The minimum Gasteiger partial charge on any atom is -0.367 e. The molecule has 1 saturated heterocycles. The maximum Gasteiger partial charge on any atom is 0.433 e. The first-order valence-electron chi connectivity index (χ1n) is 9.37. The molecule has 6 nitrogen and oxygen atoms in total. The van der Waals surface area contributed by atoms with Crippen LogP contribution in [0.15, 0.2) is 30.3 Å². The van der Waals surface area contributed by atoms with Gasteiger partial charge in [-0.25, -0.2) is 4.39 Å². The maximum absolute atomic E-state index is 13.9. The predicted octanol–water partition coefficient (Wildman–Crippen LogP) is 2.52. The molecule has 0 spiro atoms. The third kappa shape index (κ3) is 5.26. The molecule has 1 aliphatic rings. The van der Waals surface area contributed by atoms with Crippen LogP contribution in [0.3, 0.4) is 0 Å². The van der Waals surface area contributed by atoms with Crippen molar-refractivity contribution in [2.45, 2.75) is 12.6 Å². The van der Waals surface area contributed by atoms with Crippen LogP contribution in [0, 0.1) is 5.82 Å².